The molecule has 0 fully saturated rings. The molecule has 0 unspecified atom stereocenters. The Morgan fingerprint density at radius 2 is 1.96 bits per heavy atom. The van der Waals surface area contributed by atoms with Gasteiger partial charge < -0.3 is 28.8 Å². The maximum atomic E-state index is 13.1. The third-order valence-corrected chi connectivity index (χ3v) is 5.07. The van der Waals surface area contributed by atoms with Crippen LogP contribution < -0.4 is 19.6 Å². The third kappa shape index (κ3) is 2.54. The number of methoxy groups -OCH3 is 2. The molecule has 2 heterocycles. The van der Waals surface area contributed by atoms with Crippen LogP contribution in [0.4, 0.5) is 0 Å². The Kier molecular flexibility index (Phi) is 4.01. The van der Waals surface area contributed by atoms with Gasteiger partial charge in [0.2, 0.25) is 5.43 Å². The van der Waals surface area contributed by atoms with Crippen molar-refractivity contribution in [2.24, 2.45) is 0 Å². The number of ether oxygens (including phenoxy) is 3. The molecule has 0 saturated heterocycles. The number of para-hydroxylation sites is 1. The smallest absolute Gasteiger partial charge is 0.204 e. The molecule has 2 N–H and O–H groups in total. The molecule has 1 aromatic heterocycles. The lowest BCUT2D eigenvalue weighted by atomic mass is 9.95. The van der Waals surface area contributed by atoms with Crippen molar-refractivity contribution in [3.8, 4) is 17.2 Å². The van der Waals surface area contributed by atoms with Gasteiger partial charge in [-0.2, -0.15) is 0 Å². The van der Waals surface area contributed by atoms with E-state index in [9.17, 15) is 15.0 Å². The number of rotatable bonds is 4. The van der Waals surface area contributed by atoms with Crippen LogP contribution in [0, 0.1) is 0 Å². The van der Waals surface area contributed by atoms with Crippen LogP contribution in [0.1, 0.15) is 12.5 Å². The molecule has 2 atom stereocenters. The Morgan fingerprint density at radius 1 is 1.22 bits per heavy atom. The van der Waals surface area contributed by atoms with Crippen molar-refractivity contribution in [3.63, 3.8) is 0 Å². The molecule has 0 bridgehead atoms. The molecular formula is C20H20O7. The molecule has 2 aromatic carbocycles. The van der Waals surface area contributed by atoms with Gasteiger partial charge in [-0.1, -0.05) is 6.07 Å². The molecule has 27 heavy (non-hydrogen) atoms. The molecule has 0 amide bonds. The van der Waals surface area contributed by atoms with E-state index in [4.69, 9.17) is 18.6 Å². The first-order valence-corrected chi connectivity index (χ1v) is 8.54. The van der Waals surface area contributed by atoms with E-state index in [0.29, 0.717) is 44.8 Å². The monoisotopic (exact) mass is 372 g/mol. The molecule has 0 radical (unpaired) electrons. The van der Waals surface area contributed by atoms with E-state index < -0.39 is 18.3 Å². The van der Waals surface area contributed by atoms with Crippen LogP contribution in [0.5, 0.6) is 17.2 Å². The molecular weight excluding hydrogens is 352 g/mol. The Hall–Kier alpha value is -2.77. The molecule has 7 heteroatoms. The van der Waals surface area contributed by atoms with Crippen LogP contribution >= 0.6 is 0 Å². The molecule has 0 aliphatic carbocycles. The predicted molar refractivity (Wildman–Crippen MR) is 98.9 cm³/mol. The molecule has 142 valence electrons. The van der Waals surface area contributed by atoms with Gasteiger partial charge in [-0.3, -0.25) is 4.79 Å². The maximum Gasteiger partial charge on any atom is 0.204 e. The van der Waals surface area contributed by atoms with E-state index in [-0.39, 0.29) is 11.8 Å². The number of aliphatic hydroxyl groups is 2. The third-order valence-electron chi connectivity index (χ3n) is 5.07. The lowest BCUT2D eigenvalue weighted by Gasteiger charge is -2.26. The van der Waals surface area contributed by atoms with Crippen molar-refractivity contribution in [2.45, 2.75) is 25.0 Å². The lowest BCUT2D eigenvalue weighted by molar-refractivity contribution is -0.0729. The molecule has 3 aromatic rings. The summed E-state index contributed by atoms with van der Waals surface area (Å²) in [6, 6.07) is 6.73. The quantitative estimate of drug-likeness (QED) is 0.676. The van der Waals surface area contributed by atoms with Gasteiger partial charge in [0, 0.05) is 18.1 Å². The molecule has 7 nitrogen and oxygen atoms in total. The van der Waals surface area contributed by atoms with Crippen molar-refractivity contribution in [1.29, 1.82) is 0 Å². The van der Waals surface area contributed by atoms with Gasteiger partial charge in [0.15, 0.2) is 11.3 Å². The summed E-state index contributed by atoms with van der Waals surface area (Å²) < 4.78 is 22.7. The second-order valence-corrected chi connectivity index (χ2v) is 6.85. The van der Waals surface area contributed by atoms with Gasteiger partial charge >= 0.3 is 0 Å². The highest BCUT2D eigenvalue weighted by Gasteiger charge is 2.40. The zero-order chi connectivity index (χ0) is 19.3. The van der Waals surface area contributed by atoms with Crippen LogP contribution in [0.25, 0.3) is 21.9 Å². The van der Waals surface area contributed by atoms with Gasteiger partial charge in [0.1, 0.15) is 34.2 Å². The van der Waals surface area contributed by atoms with Crippen LogP contribution in [-0.4, -0.2) is 42.7 Å². The summed E-state index contributed by atoms with van der Waals surface area (Å²) in [7, 11) is 2.97. The van der Waals surface area contributed by atoms with E-state index in [1.807, 2.05) is 0 Å². The minimum absolute atomic E-state index is 0.234. The first kappa shape index (κ1) is 17.6. The molecule has 1 aliphatic heterocycles. The van der Waals surface area contributed by atoms with Crippen molar-refractivity contribution < 1.29 is 28.8 Å². The van der Waals surface area contributed by atoms with Crippen molar-refractivity contribution in [2.75, 3.05) is 20.8 Å². The molecule has 1 aliphatic rings. The minimum atomic E-state index is -1.44. The molecule has 0 saturated carbocycles. The first-order chi connectivity index (χ1) is 12.9. The van der Waals surface area contributed by atoms with E-state index in [2.05, 4.69) is 0 Å². The van der Waals surface area contributed by atoms with Crippen LogP contribution in [-0.2, 0) is 6.42 Å². The Labute approximate surface area is 154 Å². The fraction of sp³-hybridized carbons (Fsp3) is 0.350. The van der Waals surface area contributed by atoms with Crippen molar-refractivity contribution in [3.05, 3.63) is 40.1 Å². The number of benzene rings is 2. The van der Waals surface area contributed by atoms with Crippen LogP contribution in [0.2, 0.25) is 0 Å². The summed E-state index contributed by atoms with van der Waals surface area (Å²) in [6.45, 7) is 1.04. The zero-order valence-electron chi connectivity index (χ0n) is 15.2. The SMILES string of the molecule is COc1cccc2c(=O)c3c(OC)cc4c(c3oc12)C[C@H]([C@@](C)(O)CO)O4. The first-order valence-electron chi connectivity index (χ1n) is 8.54. The predicted octanol–water partition coefficient (Wildman–Crippen LogP) is 2.01. The van der Waals surface area contributed by atoms with Gasteiger partial charge in [-0.15, -0.1) is 0 Å². The fourth-order valence-corrected chi connectivity index (χ4v) is 3.47. The van der Waals surface area contributed by atoms with Gasteiger partial charge in [-0.25, -0.2) is 0 Å². The normalized spacial score (nSPS) is 18.2. The topological polar surface area (TPSA) is 98.4 Å². The number of aliphatic hydroxyl groups excluding tert-OH is 1. The summed E-state index contributed by atoms with van der Waals surface area (Å²) >= 11 is 0. The van der Waals surface area contributed by atoms with Crippen LogP contribution in [0.15, 0.2) is 33.5 Å². The van der Waals surface area contributed by atoms with Crippen molar-refractivity contribution >= 4 is 21.9 Å². The van der Waals surface area contributed by atoms with E-state index in [1.54, 1.807) is 24.3 Å². The Morgan fingerprint density at radius 3 is 2.63 bits per heavy atom. The van der Waals surface area contributed by atoms with Gasteiger partial charge in [-0.05, 0) is 19.1 Å². The summed E-state index contributed by atoms with van der Waals surface area (Å²) in [5.74, 6) is 1.22. The number of hydrogen-bond acceptors (Lipinski definition) is 7. The summed E-state index contributed by atoms with van der Waals surface area (Å²) in [5.41, 5.74) is -0.350. The van der Waals surface area contributed by atoms with Crippen LogP contribution in [0.3, 0.4) is 0 Å². The standard InChI is InChI=1S/C20H20O7/c1-20(23,9-21)15-7-11-13(26-15)8-14(25-3)16-17(22)10-5-4-6-12(24-2)18(10)27-19(11)16/h4-6,8,15,21,23H,7,9H2,1-3H3/t15-,20+/m1/s1. The highest BCUT2D eigenvalue weighted by atomic mass is 16.5. The lowest BCUT2D eigenvalue weighted by Crippen LogP contribution is -2.45. The average molecular weight is 372 g/mol. The summed E-state index contributed by atoms with van der Waals surface area (Å²) in [5, 5.41) is 20.5. The van der Waals surface area contributed by atoms with Gasteiger partial charge in [0.05, 0.1) is 26.2 Å². The second kappa shape index (κ2) is 6.14. The largest absolute Gasteiger partial charge is 0.496 e. The van der Waals surface area contributed by atoms with Gasteiger partial charge in [0.25, 0.3) is 0 Å². The van der Waals surface area contributed by atoms with E-state index >= 15 is 0 Å². The second-order valence-electron chi connectivity index (χ2n) is 6.85. The Bertz CT molecular complexity index is 1100. The zero-order valence-corrected chi connectivity index (χ0v) is 15.2. The number of fused-ring (bicyclic) bond motifs is 4. The summed E-state index contributed by atoms with van der Waals surface area (Å²) in [4.78, 5) is 13.1. The number of hydrogen-bond donors (Lipinski definition) is 2. The summed E-state index contributed by atoms with van der Waals surface area (Å²) in [6.07, 6.45) is -0.390. The maximum absolute atomic E-state index is 13.1. The Balaban J connectivity index is 2.06. The van der Waals surface area contributed by atoms with Crippen molar-refractivity contribution in [1.82, 2.24) is 0 Å². The average Bonchev–Trinajstić information content (AvgIpc) is 3.12. The minimum Gasteiger partial charge on any atom is -0.496 e. The van der Waals surface area contributed by atoms with E-state index in [1.165, 1.54) is 21.1 Å². The fourth-order valence-electron chi connectivity index (χ4n) is 3.47. The van der Waals surface area contributed by atoms with E-state index in [0.717, 1.165) is 0 Å². The highest BCUT2D eigenvalue weighted by molar-refractivity contribution is 5.97. The molecule has 0 spiro atoms. The molecule has 4 rings (SSSR count). The highest BCUT2D eigenvalue weighted by Crippen LogP contribution is 2.43.